The standard InChI is InChI=1S/C12H13BrF3N/c13-10-5-3-9(4-6-10)11(12(14,15)16)7-1-2-8-17-11/h3-6,17H,1-2,7-8H2. The summed E-state index contributed by atoms with van der Waals surface area (Å²) in [5.74, 6) is 0. The zero-order chi connectivity index (χ0) is 12.5. The fraction of sp³-hybridized carbons (Fsp3) is 0.500. The van der Waals surface area contributed by atoms with Gasteiger partial charge in [-0.05, 0) is 43.5 Å². The van der Waals surface area contributed by atoms with Gasteiger partial charge in [0.25, 0.3) is 0 Å². The molecule has 1 saturated heterocycles. The molecule has 17 heavy (non-hydrogen) atoms. The van der Waals surface area contributed by atoms with Gasteiger partial charge < -0.3 is 0 Å². The van der Waals surface area contributed by atoms with Gasteiger partial charge in [-0.3, -0.25) is 5.32 Å². The lowest BCUT2D eigenvalue weighted by atomic mass is 9.81. The van der Waals surface area contributed by atoms with E-state index in [1.54, 1.807) is 12.1 Å². The maximum Gasteiger partial charge on any atom is 0.410 e. The Labute approximate surface area is 107 Å². The Morgan fingerprint density at radius 2 is 1.76 bits per heavy atom. The molecule has 1 heterocycles. The van der Waals surface area contributed by atoms with E-state index in [-0.39, 0.29) is 6.42 Å². The van der Waals surface area contributed by atoms with Gasteiger partial charge in [0, 0.05) is 4.47 Å². The van der Waals surface area contributed by atoms with Crippen molar-refractivity contribution in [2.45, 2.75) is 31.0 Å². The molecule has 0 saturated carbocycles. The minimum Gasteiger partial charge on any atom is -0.300 e. The van der Waals surface area contributed by atoms with Crippen LogP contribution in [0.15, 0.2) is 28.7 Å². The number of benzene rings is 1. The van der Waals surface area contributed by atoms with Crippen LogP contribution in [0.25, 0.3) is 0 Å². The summed E-state index contributed by atoms with van der Waals surface area (Å²) >= 11 is 3.24. The van der Waals surface area contributed by atoms with Crippen LogP contribution in [-0.4, -0.2) is 12.7 Å². The second-order valence-corrected chi connectivity index (χ2v) is 5.21. The predicted octanol–water partition coefficient (Wildman–Crippen LogP) is 3.98. The molecule has 0 spiro atoms. The fourth-order valence-electron chi connectivity index (χ4n) is 2.29. The second-order valence-electron chi connectivity index (χ2n) is 4.29. The molecule has 1 aliphatic heterocycles. The smallest absolute Gasteiger partial charge is 0.300 e. The molecule has 1 aromatic rings. The van der Waals surface area contributed by atoms with Gasteiger partial charge in [-0.2, -0.15) is 13.2 Å². The summed E-state index contributed by atoms with van der Waals surface area (Å²) in [5, 5.41) is 2.67. The van der Waals surface area contributed by atoms with Gasteiger partial charge in [0.1, 0.15) is 5.54 Å². The molecule has 1 fully saturated rings. The highest BCUT2D eigenvalue weighted by atomic mass is 79.9. The van der Waals surface area contributed by atoms with E-state index in [4.69, 9.17) is 0 Å². The van der Waals surface area contributed by atoms with E-state index < -0.39 is 11.7 Å². The quantitative estimate of drug-likeness (QED) is 0.827. The minimum absolute atomic E-state index is 0.109. The third kappa shape index (κ3) is 2.36. The number of alkyl halides is 3. The van der Waals surface area contributed by atoms with Crippen molar-refractivity contribution in [2.24, 2.45) is 0 Å². The summed E-state index contributed by atoms with van der Waals surface area (Å²) in [6.45, 7) is 0.412. The second kappa shape index (κ2) is 4.61. The molecule has 0 bridgehead atoms. The van der Waals surface area contributed by atoms with Gasteiger partial charge in [-0.25, -0.2) is 0 Å². The molecule has 0 aromatic heterocycles. The Kier molecular flexibility index (Phi) is 3.50. The lowest BCUT2D eigenvalue weighted by Crippen LogP contribution is -2.56. The van der Waals surface area contributed by atoms with Crippen LogP contribution in [0.5, 0.6) is 0 Å². The van der Waals surface area contributed by atoms with Gasteiger partial charge in [0.15, 0.2) is 0 Å². The van der Waals surface area contributed by atoms with Crippen molar-refractivity contribution >= 4 is 15.9 Å². The van der Waals surface area contributed by atoms with Crippen LogP contribution < -0.4 is 5.32 Å². The molecule has 1 aromatic carbocycles. The van der Waals surface area contributed by atoms with Gasteiger partial charge in [0.05, 0.1) is 0 Å². The molecule has 1 unspecified atom stereocenters. The van der Waals surface area contributed by atoms with Gasteiger partial charge in [0.2, 0.25) is 0 Å². The highest BCUT2D eigenvalue weighted by Crippen LogP contribution is 2.44. The maximum atomic E-state index is 13.3. The Bertz CT molecular complexity index is 380. The lowest BCUT2D eigenvalue weighted by molar-refractivity contribution is -0.207. The zero-order valence-corrected chi connectivity index (χ0v) is 10.7. The number of rotatable bonds is 1. The molecule has 1 N–H and O–H groups in total. The van der Waals surface area contributed by atoms with Crippen molar-refractivity contribution in [3.05, 3.63) is 34.3 Å². The first kappa shape index (κ1) is 12.9. The van der Waals surface area contributed by atoms with Crippen LogP contribution >= 0.6 is 15.9 Å². The van der Waals surface area contributed by atoms with Gasteiger partial charge >= 0.3 is 6.18 Å². The molecule has 5 heteroatoms. The van der Waals surface area contributed by atoms with Crippen LogP contribution in [0.2, 0.25) is 0 Å². The van der Waals surface area contributed by atoms with Crippen LogP contribution in [-0.2, 0) is 5.54 Å². The minimum atomic E-state index is -4.26. The van der Waals surface area contributed by atoms with Crippen molar-refractivity contribution in [3.8, 4) is 0 Å². The van der Waals surface area contributed by atoms with Crippen molar-refractivity contribution in [1.82, 2.24) is 5.32 Å². The average molecular weight is 308 g/mol. The number of halogens is 4. The summed E-state index contributed by atoms with van der Waals surface area (Å²) in [6.07, 6.45) is -2.75. The molecular formula is C12H13BrF3N. The van der Waals surface area contributed by atoms with Crippen molar-refractivity contribution in [2.75, 3.05) is 6.54 Å². The highest BCUT2D eigenvalue weighted by Gasteiger charge is 2.55. The Morgan fingerprint density at radius 3 is 2.24 bits per heavy atom. The predicted molar refractivity (Wildman–Crippen MR) is 63.7 cm³/mol. The zero-order valence-electron chi connectivity index (χ0n) is 9.15. The third-order valence-corrected chi connectivity index (χ3v) is 3.75. The van der Waals surface area contributed by atoms with Crippen LogP contribution in [0.4, 0.5) is 13.2 Å². The van der Waals surface area contributed by atoms with Gasteiger partial charge in [-0.15, -0.1) is 0 Å². The van der Waals surface area contributed by atoms with E-state index in [2.05, 4.69) is 21.2 Å². The van der Waals surface area contributed by atoms with Crippen LogP contribution in [0.3, 0.4) is 0 Å². The van der Waals surface area contributed by atoms with Crippen LogP contribution in [0.1, 0.15) is 24.8 Å². The molecule has 0 aliphatic carbocycles. The first-order chi connectivity index (χ1) is 7.96. The maximum absolute atomic E-state index is 13.3. The van der Waals surface area contributed by atoms with Crippen molar-refractivity contribution in [1.29, 1.82) is 0 Å². The summed E-state index contributed by atoms with van der Waals surface area (Å²) in [5.41, 5.74) is -1.57. The Balaban J connectivity index is 2.43. The number of hydrogen-bond acceptors (Lipinski definition) is 1. The van der Waals surface area contributed by atoms with E-state index in [1.807, 2.05) is 0 Å². The SMILES string of the molecule is FC(F)(F)C1(c2ccc(Br)cc2)CCCCN1. The number of nitrogens with one attached hydrogen (secondary N) is 1. The monoisotopic (exact) mass is 307 g/mol. The van der Waals surface area contributed by atoms with E-state index >= 15 is 0 Å². The van der Waals surface area contributed by atoms with E-state index in [1.165, 1.54) is 12.1 Å². The molecule has 0 radical (unpaired) electrons. The first-order valence-electron chi connectivity index (χ1n) is 5.53. The van der Waals surface area contributed by atoms with E-state index in [9.17, 15) is 13.2 Å². The highest BCUT2D eigenvalue weighted by molar-refractivity contribution is 9.10. The van der Waals surface area contributed by atoms with E-state index in [0.717, 1.165) is 10.9 Å². The Morgan fingerprint density at radius 1 is 1.12 bits per heavy atom. The molecule has 2 rings (SSSR count). The lowest BCUT2D eigenvalue weighted by Gasteiger charge is -2.40. The number of hydrogen-bond donors (Lipinski definition) is 1. The molecule has 1 atom stereocenters. The summed E-state index contributed by atoms with van der Waals surface area (Å²) in [6, 6.07) is 6.38. The van der Waals surface area contributed by atoms with E-state index in [0.29, 0.717) is 18.5 Å². The number of piperidine rings is 1. The average Bonchev–Trinajstić information content (AvgIpc) is 2.29. The van der Waals surface area contributed by atoms with Gasteiger partial charge in [-0.1, -0.05) is 28.1 Å². The van der Waals surface area contributed by atoms with Crippen molar-refractivity contribution < 1.29 is 13.2 Å². The summed E-state index contributed by atoms with van der Waals surface area (Å²) in [7, 11) is 0. The van der Waals surface area contributed by atoms with Crippen molar-refractivity contribution in [3.63, 3.8) is 0 Å². The third-order valence-electron chi connectivity index (χ3n) is 3.23. The molecule has 1 aliphatic rings. The topological polar surface area (TPSA) is 12.0 Å². The first-order valence-corrected chi connectivity index (χ1v) is 6.33. The fourth-order valence-corrected chi connectivity index (χ4v) is 2.56. The summed E-state index contributed by atoms with van der Waals surface area (Å²) < 4.78 is 40.7. The normalized spacial score (nSPS) is 25.9. The largest absolute Gasteiger partial charge is 0.410 e. The molecule has 0 amide bonds. The molecular weight excluding hydrogens is 295 g/mol. The summed E-state index contributed by atoms with van der Waals surface area (Å²) in [4.78, 5) is 0. The molecule has 94 valence electrons. The Hall–Kier alpha value is -0.550. The van der Waals surface area contributed by atoms with Crippen LogP contribution in [0, 0.1) is 0 Å². The molecule has 1 nitrogen and oxygen atoms in total.